The van der Waals surface area contributed by atoms with E-state index in [9.17, 15) is 5.26 Å². The van der Waals surface area contributed by atoms with Crippen LogP contribution in [0.2, 0.25) is 0 Å². The minimum Gasteiger partial charge on any atom is -0.482 e. The predicted molar refractivity (Wildman–Crippen MR) is 101 cm³/mol. The Hall–Kier alpha value is -2.38. The standard InChI is InChI=1S/C20H20N2OS/c1-13-5-7-14(8-6-13)19-16-10-9-15(22-24-4)11-18(16)23-20(2,3)17(19)12-21/h5-11,22H,1-4H3. The van der Waals surface area contributed by atoms with Crippen molar-refractivity contribution in [2.45, 2.75) is 26.4 Å². The summed E-state index contributed by atoms with van der Waals surface area (Å²) in [6.07, 6.45) is 1.98. The maximum absolute atomic E-state index is 9.77. The van der Waals surface area contributed by atoms with Crippen LogP contribution in [0.15, 0.2) is 48.0 Å². The zero-order valence-electron chi connectivity index (χ0n) is 14.3. The fraction of sp³-hybridized carbons (Fsp3) is 0.250. The second-order valence-electron chi connectivity index (χ2n) is 6.36. The van der Waals surface area contributed by atoms with Gasteiger partial charge in [0.15, 0.2) is 0 Å². The molecule has 1 heterocycles. The third kappa shape index (κ3) is 2.88. The maximum Gasteiger partial charge on any atom is 0.139 e. The molecule has 1 N–H and O–H groups in total. The van der Waals surface area contributed by atoms with Crippen molar-refractivity contribution in [1.82, 2.24) is 0 Å². The molecule has 1 aliphatic rings. The Labute approximate surface area is 147 Å². The molecule has 0 aromatic heterocycles. The molecule has 1 aliphatic heterocycles. The summed E-state index contributed by atoms with van der Waals surface area (Å²) >= 11 is 1.54. The lowest BCUT2D eigenvalue weighted by Crippen LogP contribution is -2.34. The molecule has 0 amide bonds. The van der Waals surface area contributed by atoms with Gasteiger partial charge < -0.3 is 9.46 Å². The highest BCUT2D eigenvalue weighted by molar-refractivity contribution is 7.99. The van der Waals surface area contributed by atoms with E-state index in [1.54, 1.807) is 0 Å². The summed E-state index contributed by atoms with van der Waals surface area (Å²) in [7, 11) is 0. The number of rotatable bonds is 3. The molecular formula is C20H20N2OS. The van der Waals surface area contributed by atoms with E-state index < -0.39 is 5.60 Å². The van der Waals surface area contributed by atoms with E-state index >= 15 is 0 Å². The van der Waals surface area contributed by atoms with Crippen molar-refractivity contribution >= 4 is 23.2 Å². The molecule has 0 bridgehead atoms. The summed E-state index contributed by atoms with van der Waals surface area (Å²) < 4.78 is 9.38. The van der Waals surface area contributed by atoms with E-state index in [4.69, 9.17) is 4.74 Å². The maximum atomic E-state index is 9.77. The summed E-state index contributed by atoms with van der Waals surface area (Å²) in [6.45, 7) is 5.94. The first kappa shape index (κ1) is 16.5. The topological polar surface area (TPSA) is 45.0 Å². The molecule has 0 radical (unpaired) electrons. The van der Waals surface area contributed by atoms with Crippen LogP contribution in [0.3, 0.4) is 0 Å². The lowest BCUT2D eigenvalue weighted by molar-refractivity contribution is 0.149. The van der Waals surface area contributed by atoms with Crippen LogP contribution in [0.5, 0.6) is 5.75 Å². The molecule has 122 valence electrons. The second-order valence-corrected chi connectivity index (χ2v) is 6.97. The molecule has 3 rings (SSSR count). The molecule has 0 saturated carbocycles. The largest absolute Gasteiger partial charge is 0.482 e. The van der Waals surface area contributed by atoms with Gasteiger partial charge in [0.1, 0.15) is 11.4 Å². The van der Waals surface area contributed by atoms with Crippen LogP contribution in [0.1, 0.15) is 30.5 Å². The van der Waals surface area contributed by atoms with E-state index in [2.05, 4.69) is 42.0 Å². The molecule has 4 heteroatoms. The van der Waals surface area contributed by atoms with E-state index in [0.29, 0.717) is 5.57 Å². The highest BCUT2D eigenvalue weighted by Gasteiger charge is 2.35. The minimum atomic E-state index is -0.667. The number of nitrogens with zero attached hydrogens (tertiary/aromatic N) is 1. The van der Waals surface area contributed by atoms with Crippen LogP contribution >= 0.6 is 11.9 Å². The van der Waals surface area contributed by atoms with Gasteiger partial charge in [0.05, 0.1) is 11.6 Å². The first-order valence-corrected chi connectivity index (χ1v) is 9.03. The van der Waals surface area contributed by atoms with Gasteiger partial charge in [-0.25, -0.2) is 0 Å². The Morgan fingerprint density at radius 2 is 1.83 bits per heavy atom. The van der Waals surface area contributed by atoms with Crippen LogP contribution in [0.25, 0.3) is 5.57 Å². The molecule has 0 unspecified atom stereocenters. The normalized spacial score (nSPS) is 15.3. The number of ether oxygens (including phenoxy) is 1. The SMILES string of the molecule is CSNc1ccc2c(c1)OC(C)(C)C(C#N)=C2c1ccc(C)cc1. The molecule has 0 aliphatic carbocycles. The highest BCUT2D eigenvalue weighted by atomic mass is 32.2. The molecule has 0 saturated heterocycles. The summed E-state index contributed by atoms with van der Waals surface area (Å²) in [5, 5.41) is 9.77. The molecule has 0 fully saturated rings. The summed E-state index contributed by atoms with van der Waals surface area (Å²) in [5.41, 5.74) is 5.13. The Bertz CT molecular complexity index is 845. The van der Waals surface area contributed by atoms with Crippen LogP contribution in [-0.4, -0.2) is 11.9 Å². The minimum absolute atomic E-state index is 0.657. The summed E-state index contributed by atoms with van der Waals surface area (Å²) in [6, 6.07) is 16.7. The van der Waals surface area contributed by atoms with Crippen LogP contribution in [0.4, 0.5) is 5.69 Å². The van der Waals surface area contributed by atoms with Crippen molar-refractivity contribution in [3.8, 4) is 11.8 Å². The van der Waals surface area contributed by atoms with E-state index in [-0.39, 0.29) is 0 Å². The number of hydrogen-bond donors (Lipinski definition) is 1. The molecular weight excluding hydrogens is 316 g/mol. The second kappa shape index (κ2) is 6.26. The average Bonchev–Trinajstić information content (AvgIpc) is 2.54. The van der Waals surface area contributed by atoms with Gasteiger partial charge in [-0.15, -0.1) is 0 Å². The number of anilines is 1. The fourth-order valence-corrected chi connectivity index (χ4v) is 3.33. The molecule has 3 nitrogen and oxygen atoms in total. The van der Waals surface area contributed by atoms with E-state index in [0.717, 1.165) is 28.1 Å². The number of nitriles is 1. The van der Waals surface area contributed by atoms with Gasteiger partial charge in [0, 0.05) is 29.1 Å². The van der Waals surface area contributed by atoms with Crippen molar-refractivity contribution in [1.29, 1.82) is 5.26 Å². The van der Waals surface area contributed by atoms with Crippen LogP contribution in [-0.2, 0) is 0 Å². The lowest BCUT2D eigenvalue weighted by Gasteiger charge is -2.34. The third-order valence-electron chi connectivity index (χ3n) is 4.14. The van der Waals surface area contributed by atoms with Crippen molar-refractivity contribution < 1.29 is 4.74 Å². The monoisotopic (exact) mass is 336 g/mol. The number of nitrogens with one attached hydrogen (secondary N) is 1. The fourth-order valence-electron chi connectivity index (χ4n) is 2.97. The van der Waals surface area contributed by atoms with Gasteiger partial charge in [-0.05, 0) is 38.5 Å². The van der Waals surface area contributed by atoms with Gasteiger partial charge in [0.2, 0.25) is 0 Å². The van der Waals surface area contributed by atoms with Crippen molar-refractivity contribution in [2.24, 2.45) is 0 Å². The van der Waals surface area contributed by atoms with Gasteiger partial charge in [-0.3, -0.25) is 0 Å². The number of fused-ring (bicyclic) bond motifs is 1. The Morgan fingerprint density at radius 1 is 1.12 bits per heavy atom. The zero-order valence-corrected chi connectivity index (χ0v) is 15.1. The number of benzene rings is 2. The number of hydrogen-bond acceptors (Lipinski definition) is 4. The van der Waals surface area contributed by atoms with Crippen molar-refractivity contribution in [3.05, 3.63) is 64.7 Å². The highest BCUT2D eigenvalue weighted by Crippen LogP contribution is 2.44. The Kier molecular flexibility index (Phi) is 4.29. The van der Waals surface area contributed by atoms with Gasteiger partial charge in [-0.1, -0.05) is 41.8 Å². The van der Waals surface area contributed by atoms with Gasteiger partial charge >= 0.3 is 0 Å². The molecule has 2 aromatic rings. The first-order valence-electron chi connectivity index (χ1n) is 7.80. The summed E-state index contributed by atoms with van der Waals surface area (Å²) in [4.78, 5) is 0. The molecule has 24 heavy (non-hydrogen) atoms. The molecule has 0 spiro atoms. The van der Waals surface area contributed by atoms with Gasteiger partial charge in [-0.2, -0.15) is 5.26 Å². The first-order chi connectivity index (χ1) is 11.5. The molecule has 0 atom stereocenters. The third-order valence-corrected chi connectivity index (χ3v) is 4.58. The zero-order chi connectivity index (χ0) is 17.3. The van der Waals surface area contributed by atoms with Gasteiger partial charge in [0.25, 0.3) is 0 Å². The van der Waals surface area contributed by atoms with E-state index in [1.807, 2.05) is 38.3 Å². The average molecular weight is 336 g/mol. The Morgan fingerprint density at radius 3 is 2.46 bits per heavy atom. The lowest BCUT2D eigenvalue weighted by atomic mass is 9.83. The van der Waals surface area contributed by atoms with Crippen molar-refractivity contribution in [3.63, 3.8) is 0 Å². The summed E-state index contributed by atoms with van der Waals surface area (Å²) in [5.74, 6) is 0.800. The van der Waals surface area contributed by atoms with E-state index in [1.165, 1.54) is 17.5 Å². The predicted octanol–water partition coefficient (Wildman–Crippen LogP) is 5.18. The quantitative estimate of drug-likeness (QED) is 0.784. The Balaban J connectivity index is 2.24. The molecule has 2 aromatic carbocycles. The number of aryl methyl sites for hydroxylation is 1. The smallest absolute Gasteiger partial charge is 0.139 e. The van der Waals surface area contributed by atoms with Crippen LogP contribution in [0, 0.1) is 18.3 Å². The van der Waals surface area contributed by atoms with Crippen LogP contribution < -0.4 is 9.46 Å². The van der Waals surface area contributed by atoms with Crippen molar-refractivity contribution in [2.75, 3.05) is 11.0 Å².